The summed E-state index contributed by atoms with van der Waals surface area (Å²) in [5.74, 6) is 0. The highest BCUT2D eigenvalue weighted by Crippen LogP contribution is 2.62. The molecule has 2 aliphatic rings. The van der Waals surface area contributed by atoms with Crippen LogP contribution in [0.3, 0.4) is 0 Å². The van der Waals surface area contributed by atoms with Crippen LogP contribution >= 0.6 is 0 Å². The van der Waals surface area contributed by atoms with Crippen molar-refractivity contribution in [1.82, 2.24) is 0 Å². The third-order valence-electron chi connectivity index (χ3n) is 13.8. The van der Waals surface area contributed by atoms with E-state index >= 15 is 0 Å². The maximum atomic E-state index is 2.44. The first-order chi connectivity index (χ1) is 31.7. The van der Waals surface area contributed by atoms with Crippen LogP contribution in [-0.2, 0) is 10.8 Å². The van der Waals surface area contributed by atoms with E-state index in [4.69, 9.17) is 0 Å². The van der Waals surface area contributed by atoms with Gasteiger partial charge in [0.05, 0.1) is 0 Å². The molecule has 0 spiro atoms. The van der Waals surface area contributed by atoms with Crippen LogP contribution in [0.4, 0.5) is 17.1 Å². The Labute approximate surface area is 384 Å². The molecule has 0 fully saturated rings. The number of benzene rings is 9. The molecule has 0 heterocycles. The molecule has 0 aromatic heterocycles. The van der Waals surface area contributed by atoms with Crippen LogP contribution in [0, 0.1) is 0 Å². The second kappa shape index (κ2) is 16.1. The second-order valence-corrected chi connectivity index (χ2v) is 18.6. The summed E-state index contributed by atoms with van der Waals surface area (Å²) in [6, 6.07) is 81.9. The molecule has 9 aromatic carbocycles. The van der Waals surface area contributed by atoms with Gasteiger partial charge in [-0.1, -0.05) is 216 Å². The smallest absolute Gasteiger partial charge is 0.0473 e. The maximum absolute atomic E-state index is 2.44. The lowest BCUT2D eigenvalue weighted by molar-refractivity contribution is 0.694. The largest absolute Gasteiger partial charge is 0.310 e. The van der Waals surface area contributed by atoms with Gasteiger partial charge >= 0.3 is 0 Å². The fourth-order valence-corrected chi connectivity index (χ4v) is 10.5. The van der Waals surface area contributed by atoms with Crippen molar-refractivity contribution in [2.45, 2.75) is 38.5 Å². The van der Waals surface area contributed by atoms with Gasteiger partial charge in [0.25, 0.3) is 0 Å². The zero-order valence-corrected chi connectivity index (χ0v) is 37.5. The molecule has 0 unspecified atom stereocenters. The van der Waals surface area contributed by atoms with E-state index in [0.29, 0.717) is 0 Å². The fourth-order valence-electron chi connectivity index (χ4n) is 10.5. The summed E-state index contributed by atoms with van der Waals surface area (Å²) < 4.78 is 0. The van der Waals surface area contributed by atoms with Crippen LogP contribution in [0.15, 0.2) is 224 Å². The van der Waals surface area contributed by atoms with Crippen LogP contribution in [0.5, 0.6) is 0 Å². The van der Waals surface area contributed by atoms with Gasteiger partial charge in [-0.2, -0.15) is 0 Å². The van der Waals surface area contributed by atoms with Gasteiger partial charge in [0.15, 0.2) is 0 Å². The van der Waals surface area contributed by atoms with E-state index < -0.39 is 0 Å². The summed E-state index contributed by atoms with van der Waals surface area (Å²) in [6.45, 7) is 9.59. The molecule has 0 N–H and O–H groups in total. The summed E-state index contributed by atoms with van der Waals surface area (Å²) in [6.07, 6.45) is 4.43. The summed E-state index contributed by atoms with van der Waals surface area (Å²) in [7, 11) is 0. The van der Waals surface area contributed by atoms with Gasteiger partial charge in [0.1, 0.15) is 0 Å². The van der Waals surface area contributed by atoms with Crippen LogP contribution in [-0.4, -0.2) is 0 Å². The van der Waals surface area contributed by atoms with E-state index in [0.717, 1.165) is 22.6 Å². The minimum Gasteiger partial charge on any atom is -0.310 e. The van der Waals surface area contributed by atoms with Gasteiger partial charge in [-0.3, -0.25) is 0 Å². The predicted molar refractivity (Wildman–Crippen MR) is 278 cm³/mol. The van der Waals surface area contributed by atoms with Crippen molar-refractivity contribution < 1.29 is 0 Å². The number of allylic oxidation sites excluding steroid dienone is 2. The Morgan fingerprint density at radius 1 is 0.292 bits per heavy atom. The van der Waals surface area contributed by atoms with Gasteiger partial charge in [-0.05, 0) is 138 Å². The lowest BCUT2D eigenvalue weighted by Gasteiger charge is -2.28. The van der Waals surface area contributed by atoms with Gasteiger partial charge in [-0.15, -0.1) is 0 Å². The Morgan fingerprint density at radius 3 is 1.23 bits per heavy atom. The Balaban J connectivity index is 0.887. The number of fused-ring (bicyclic) bond motifs is 4. The van der Waals surface area contributed by atoms with Crippen molar-refractivity contribution in [1.29, 1.82) is 0 Å². The Hall–Kier alpha value is -7.74. The molecular weight excluding hydrogens is 783 g/mol. The molecule has 0 bridgehead atoms. The van der Waals surface area contributed by atoms with E-state index in [1.54, 1.807) is 0 Å². The Kier molecular flexibility index (Phi) is 9.93. The third kappa shape index (κ3) is 7.24. The van der Waals surface area contributed by atoms with Crippen molar-refractivity contribution in [2.75, 3.05) is 4.90 Å². The standard InChI is InChI=1S/C64H51N/c1-63(2)59-23-15-14-22-57(59)61-62(63)58-39-34-51(43-60(58)64(61,3)4)50-30-26-44(27-31-50)24-25-45-28-35-54(36-29-45)65(55-37-32-49(33-38-55)46-16-8-5-9-17-46)56-41-52(47-18-10-6-11-19-47)40-53(42-56)48-20-12-7-13-21-48/h5-43H,1-4H3/b25-24+. The SMILES string of the molecule is CC1(C)C2=C(c3ccccc31)C(C)(C)c1cc(-c3ccc(/C=C/c4ccc(N(c5ccc(-c6ccccc6)cc5)c5cc(-c6ccccc6)cc(-c6ccccc6)c5)cc4)cc3)ccc12. The van der Waals surface area contributed by atoms with Crippen LogP contribution < -0.4 is 4.90 Å². The zero-order valence-electron chi connectivity index (χ0n) is 37.5. The van der Waals surface area contributed by atoms with Gasteiger partial charge in [0.2, 0.25) is 0 Å². The molecular formula is C64H51N. The number of rotatable bonds is 9. The first kappa shape index (κ1) is 40.1. The van der Waals surface area contributed by atoms with Crippen molar-refractivity contribution in [3.05, 3.63) is 258 Å². The minimum atomic E-state index is -0.0654. The zero-order chi connectivity index (χ0) is 44.1. The molecule has 0 atom stereocenters. The molecule has 0 saturated heterocycles. The van der Waals surface area contributed by atoms with E-state index in [1.165, 1.54) is 83.5 Å². The molecule has 312 valence electrons. The molecule has 0 amide bonds. The summed E-state index contributed by atoms with van der Waals surface area (Å²) >= 11 is 0. The lowest BCUT2D eigenvalue weighted by Crippen LogP contribution is -2.19. The number of hydrogen-bond acceptors (Lipinski definition) is 1. The van der Waals surface area contributed by atoms with Crippen LogP contribution in [0.25, 0.3) is 67.8 Å². The monoisotopic (exact) mass is 833 g/mol. The number of hydrogen-bond donors (Lipinski definition) is 0. The topological polar surface area (TPSA) is 3.24 Å². The minimum absolute atomic E-state index is 0.0141. The second-order valence-electron chi connectivity index (χ2n) is 18.6. The lowest BCUT2D eigenvalue weighted by atomic mass is 9.75. The molecule has 1 heteroatoms. The van der Waals surface area contributed by atoms with Crippen molar-refractivity contribution in [2.24, 2.45) is 0 Å². The Bertz CT molecular complexity index is 3180. The molecule has 1 nitrogen and oxygen atoms in total. The first-order valence-electron chi connectivity index (χ1n) is 22.8. The molecule has 0 saturated carbocycles. The highest BCUT2D eigenvalue weighted by atomic mass is 15.1. The highest BCUT2D eigenvalue weighted by Gasteiger charge is 2.49. The molecule has 11 rings (SSSR count). The van der Waals surface area contributed by atoms with Crippen molar-refractivity contribution in [3.8, 4) is 44.5 Å². The first-order valence-corrected chi connectivity index (χ1v) is 22.8. The van der Waals surface area contributed by atoms with Gasteiger partial charge in [0, 0.05) is 27.9 Å². The fraction of sp³-hybridized carbons (Fsp3) is 0.0938. The van der Waals surface area contributed by atoms with Crippen LogP contribution in [0.2, 0.25) is 0 Å². The van der Waals surface area contributed by atoms with Crippen LogP contribution in [0.1, 0.15) is 61.1 Å². The molecule has 9 aromatic rings. The number of anilines is 3. The third-order valence-corrected chi connectivity index (χ3v) is 13.8. The summed E-state index contributed by atoms with van der Waals surface area (Å²) in [5.41, 5.74) is 23.8. The Morgan fingerprint density at radius 2 is 0.677 bits per heavy atom. The quantitative estimate of drug-likeness (QED) is 0.131. The van der Waals surface area contributed by atoms with E-state index in [1.807, 2.05) is 0 Å². The molecule has 65 heavy (non-hydrogen) atoms. The molecule has 0 aliphatic heterocycles. The van der Waals surface area contributed by atoms with Crippen molar-refractivity contribution in [3.63, 3.8) is 0 Å². The number of nitrogens with zero attached hydrogens (tertiary/aromatic N) is 1. The molecule has 0 radical (unpaired) electrons. The summed E-state index contributed by atoms with van der Waals surface area (Å²) in [4.78, 5) is 2.38. The predicted octanol–water partition coefficient (Wildman–Crippen LogP) is 17.5. The average molecular weight is 834 g/mol. The normalized spacial score (nSPS) is 14.3. The van der Waals surface area contributed by atoms with E-state index in [9.17, 15) is 0 Å². The van der Waals surface area contributed by atoms with Gasteiger partial charge < -0.3 is 4.90 Å². The van der Waals surface area contributed by atoms with Crippen molar-refractivity contribution >= 4 is 40.4 Å². The summed E-state index contributed by atoms with van der Waals surface area (Å²) in [5, 5.41) is 0. The molecule has 2 aliphatic carbocycles. The van der Waals surface area contributed by atoms with E-state index in [2.05, 4.69) is 269 Å². The maximum Gasteiger partial charge on any atom is 0.0473 e. The van der Waals surface area contributed by atoms with Gasteiger partial charge in [-0.25, -0.2) is 0 Å². The average Bonchev–Trinajstić information content (AvgIpc) is 3.76. The highest BCUT2D eigenvalue weighted by molar-refractivity contribution is 6.09. The van der Waals surface area contributed by atoms with E-state index in [-0.39, 0.29) is 10.8 Å².